The number of anilines is 1. The third-order valence-electron chi connectivity index (χ3n) is 6.47. The summed E-state index contributed by atoms with van der Waals surface area (Å²) in [7, 11) is 3.23. The molecule has 0 bridgehead atoms. The van der Waals surface area contributed by atoms with Crippen LogP contribution in [0.5, 0.6) is 11.5 Å². The van der Waals surface area contributed by atoms with Gasteiger partial charge in [-0.2, -0.15) is 0 Å². The van der Waals surface area contributed by atoms with Gasteiger partial charge >= 0.3 is 5.97 Å². The number of aliphatic carboxylic acids is 1. The Morgan fingerprint density at radius 2 is 2.00 bits per heavy atom. The number of fused-ring (bicyclic) bond motifs is 4. The molecule has 0 radical (unpaired) electrons. The van der Waals surface area contributed by atoms with Gasteiger partial charge < -0.3 is 19.5 Å². The molecule has 6 heteroatoms. The van der Waals surface area contributed by atoms with Gasteiger partial charge in [0.1, 0.15) is 23.1 Å². The van der Waals surface area contributed by atoms with Crippen molar-refractivity contribution in [3.63, 3.8) is 0 Å². The predicted octanol–water partition coefficient (Wildman–Crippen LogP) is 4.06. The molecule has 0 saturated heterocycles. The topological polar surface area (TPSA) is 71.9 Å². The molecular formula is C24H24N2O4. The van der Waals surface area contributed by atoms with Gasteiger partial charge in [-0.3, -0.25) is 0 Å². The SMILES string of the molecule is COc1cc(OC)c2nc(C)c3c(c2c1)N(C1CCc2ccccc21)C(C(=O)O)C3. The second kappa shape index (κ2) is 6.90. The van der Waals surface area contributed by atoms with Crippen LogP contribution in [0.1, 0.15) is 34.8 Å². The van der Waals surface area contributed by atoms with Crippen LogP contribution >= 0.6 is 0 Å². The Morgan fingerprint density at radius 3 is 2.73 bits per heavy atom. The summed E-state index contributed by atoms with van der Waals surface area (Å²) in [5.41, 5.74) is 6.04. The number of carbonyl (C=O) groups is 1. The van der Waals surface area contributed by atoms with Crippen molar-refractivity contribution in [2.24, 2.45) is 0 Å². The van der Waals surface area contributed by atoms with Crippen molar-refractivity contribution in [2.75, 3.05) is 19.1 Å². The van der Waals surface area contributed by atoms with Crippen molar-refractivity contribution < 1.29 is 19.4 Å². The van der Waals surface area contributed by atoms with E-state index in [9.17, 15) is 9.90 Å². The molecule has 1 aliphatic carbocycles. The average molecular weight is 404 g/mol. The third kappa shape index (κ3) is 2.63. The summed E-state index contributed by atoms with van der Waals surface area (Å²) in [5.74, 6) is 0.483. The molecule has 0 amide bonds. The molecule has 3 aromatic rings. The monoisotopic (exact) mass is 404 g/mol. The van der Waals surface area contributed by atoms with Gasteiger partial charge in [0.15, 0.2) is 0 Å². The molecule has 2 aromatic carbocycles. The van der Waals surface area contributed by atoms with E-state index in [1.807, 2.05) is 31.2 Å². The first-order chi connectivity index (χ1) is 14.5. The molecule has 30 heavy (non-hydrogen) atoms. The summed E-state index contributed by atoms with van der Waals surface area (Å²) >= 11 is 0. The minimum Gasteiger partial charge on any atom is -0.497 e. The zero-order valence-corrected chi connectivity index (χ0v) is 17.3. The van der Waals surface area contributed by atoms with Gasteiger partial charge in [0.2, 0.25) is 0 Å². The van der Waals surface area contributed by atoms with Crippen molar-refractivity contribution in [1.29, 1.82) is 0 Å². The Balaban J connectivity index is 1.80. The molecule has 1 N–H and O–H groups in total. The smallest absolute Gasteiger partial charge is 0.326 e. The molecule has 5 rings (SSSR count). The highest BCUT2D eigenvalue weighted by Crippen LogP contribution is 2.49. The lowest BCUT2D eigenvalue weighted by Crippen LogP contribution is -2.40. The van der Waals surface area contributed by atoms with E-state index in [1.54, 1.807) is 14.2 Å². The minimum absolute atomic E-state index is 0.0192. The number of aromatic nitrogens is 1. The first kappa shape index (κ1) is 18.7. The first-order valence-electron chi connectivity index (χ1n) is 10.2. The second-order valence-electron chi connectivity index (χ2n) is 7.97. The van der Waals surface area contributed by atoms with E-state index in [0.717, 1.165) is 40.7 Å². The number of aryl methyl sites for hydroxylation is 2. The summed E-state index contributed by atoms with van der Waals surface area (Å²) in [4.78, 5) is 19.2. The molecule has 1 aromatic heterocycles. The highest BCUT2D eigenvalue weighted by atomic mass is 16.5. The molecule has 1 aliphatic heterocycles. The lowest BCUT2D eigenvalue weighted by molar-refractivity contribution is -0.138. The zero-order chi connectivity index (χ0) is 21.0. The average Bonchev–Trinajstić information content (AvgIpc) is 3.35. The fourth-order valence-corrected chi connectivity index (χ4v) is 5.11. The number of hydrogen-bond donors (Lipinski definition) is 1. The quantitative estimate of drug-likeness (QED) is 0.707. The van der Waals surface area contributed by atoms with E-state index in [0.29, 0.717) is 17.9 Å². The lowest BCUT2D eigenvalue weighted by Gasteiger charge is -2.33. The number of carboxylic acids is 1. The number of ether oxygens (including phenoxy) is 2. The summed E-state index contributed by atoms with van der Waals surface area (Å²) < 4.78 is 11.1. The third-order valence-corrected chi connectivity index (χ3v) is 6.47. The van der Waals surface area contributed by atoms with E-state index in [2.05, 4.69) is 17.0 Å². The number of nitrogens with zero attached hydrogens (tertiary/aromatic N) is 2. The van der Waals surface area contributed by atoms with E-state index in [-0.39, 0.29) is 6.04 Å². The van der Waals surface area contributed by atoms with Crippen molar-refractivity contribution in [1.82, 2.24) is 4.98 Å². The zero-order valence-electron chi connectivity index (χ0n) is 17.3. The maximum atomic E-state index is 12.3. The highest BCUT2D eigenvalue weighted by molar-refractivity contribution is 6.01. The van der Waals surface area contributed by atoms with Gasteiger partial charge in [0.05, 0.1) is 25.9 Å². The maximum absolute atomic E-state index is 12.3. The number of carboxylic acid groups (broad SMARTS) is 1. The normalized spacial score (nSPS) is 19.6. The summed E-state index contributed by atoms with van der Waals surface area (Å²) in [5, 5.41) is 11.0. The van der Waals surface area contributed by atoms with Gasteiger partial charge in [-0.1, -0.05) is 24.3 Å². The standard InChI is InChI=1S/C24H24N2O4/c1-13-17-12-20(24(27)28)26(19-9-8-14-6-4-5-7-16(14)19)23(17)18-10-15(29-2)11-21(30-3)22(18)25-13/h4-7,10-11,19-20H,8-9,12H2,1-3H3,(H,27,28). The molecule has 0 saturated carbocycles. The number of pyridine rings is 1. The van der Waals surface area contributed by atoms with Gasteiger partial charge in [0, 0.05) is 29.1 Å². The molecule has 2 heterocycles. The highest BCUT2D eigenvalue weighted by Gasteiger charge is 2.43. The summed E-state index contributed by atoms with van der Waals surface area (Å²) in [6.07, 6.45) is 2.29. The van der Waals surface area contributed by atoms with Crippen LogP contribution in [0.25, 0.3) is 10.9 Å². The molecular weight excluding hydrogens is 380 g/mol. The fourth-order valence-electron chi connectivity index (χ4n) is 5.11. The molecule has 2 unspecified atom stereocenters. The number of rotatable bonds is 4. The Kier molecular flexibility index (Phi) is 4.31. The number of methoxy groups -OCH3 is 2. The Labute approximate surface area is 175 Å². The van der Waals surface area contributed by atoms with Crippen LogP contribution in [0, 0.1) is 6.92 Å². The molecule has 2 atom stereocenters. The Morgan fingerprint density at radius 1 is 1.20 bits per heavy atom. The van der Waals surface area contributed by atoms with E-state index >= 15 is 0 Å². The van der Waals surface area contributed by atoms with E-state index < -0.39 is 12.0 Å². The van der Waals surface area contributed by atoms with Crippen LogP contribution in [0.15, 0.2) is 36.4 Å². The maximum Gasteiger partial charge on any atom is 0.326 e. The first-order valence-corrected chi connectivity index (χ1v) is 10.2. The Hall–Kier alpha value is -3.28. The van der Waals surface area contributed by atoms with Gasteiger partial charge in [0.25, 0.3) is 0 Å². The summed E-state index contributed by atoms with van der Waals surface area (Å²) in [6.45, 7) is 1.95. The van der Waals surface area contributed by atoms with Crippen LogP contribution in [0.3, 0.4) is 0 Å². The van der Waals surface area contributed by atoms with Crippen LogP contribution in [-0.2, 0) is 17.6 Å². The molecule has 2 aliphatic rings. The van der Waals surface area contributed by atoms with Crippen LogP contribution in [0.4, 0.5) is 5.69 Å². The fraction of sp³-hybridized carbons (Fsp3) is 0.333. The minimum atomic E-state index is -0.807. The van der Waals surface area contributed by atoms with Crippen molar-refractivity contribution in [3.05, 3.63) is 58.8 Å². The van der Waals surface area contributed by atoms with Crippen LogP contribution in [0.2, 0.25) is 0 Å². The van der Waals surface area contributed by atoms with Crippen molar-refractivity contribution in [3.8, 4) is 11.5 Å². The number of hydrogen-bond acceptors (Lipinski definition) is 5. The van der Waals surface area contributed by atoms with Crippen molar-refractivity contribution in [2.45, 2.75) is 38.3 Å². The van der Waals surface area contributed by atoms with Crippen molar-refractivity contribution >= 4 is 22.6 Å². The molecule has 0 fully saturated rings. The van der Waals surface area contributed by atoms with Gasteiger partial charge in [-0.25, -0.2) is 9.78 Å². The van der Waals surface area contributed by atoms with Crippen LogP contribution in [-0.4, -0.2) is 36.3 Å². The molecule has 154 valence electrons. The van der Waals surface area contributed by atoms with Gasteiger partial charge in [-0.15, -0.1) is 0 Å². The lowest BCUT2D eigenvalue weighted by atomic mass is 10.0. The van der Waals surface area contributed by atoms with E-state index in [4.69, 9.17) is 14.5 Å². The van der Waals surface area contributed by atoms with E-state index in [1.165, 1.54) is 11.1 Å². The molecule has 6 nitrogen and oxygen atoms in total. The van der Waals surface area contributed by atoms with Crippen LogP contribution < -0.4 is 14.4 Å². The summed E-state index contributed by atoms with van der Waals surface area (Å²) in [6, 6.07) is 11.5. The molecule has 0 spiro atoms. The van der Waals surface area contributed by atoms with Gasteiger partial charge in [-0.05, 0) is 37.0 Å². The predicted molar refractivity (Wildman–Crippen MR) is 115 cm³/mol. The Bertz CT molecular complexity index is 1170. The number of benzene rings is 2. The largest absolute Gasteiger partial charge is 0.497 e. The second-order valence-corrected chi connectivity index (χ2v) is 7.97.